The number of nitro groups is 1. The maximum absolute atomic E-state index is 12.3. The molecule has 1 atom stereocenters. The Morgan fingerprint density at radius 3 is 2.72 bits per heavy atom. The molecule has 2 aromatic heterocycles. The number of aromatic amines is 1. The van der Waals surface area contributed by atoms with Crippen LogP contribution in [0.25, 0.3) is 0 Å². The first-order valence-electron chi connectivity index (χ1n) is 7.73. The average Bonchev–Trinajstić information content (AvgIpc) is 3.07. The van der Waals surface area contributed by atoms with Crippen LogP contribution in [0.5, 0.6) is 0 Å². The largest absolute Gasteiger partial charge is 0.363 e. The Balaban J connectivity index is 1.72. The zero-order valence-corrected chi connectivity index (χ0v) is 14.7. The molecular weight excluding hydrogens is 344 g/mol. The summed E-state index contributed by atoms with van der Waals surface area (Å²) in [6.07, 6.45) is 3.93. The maximum Gasteiger partial charge on any atom is 0.363 e. The van der Waals surface area contributed by atoms with Crippen molar-refractivity contribution in [3.63, 3.8) is 0 Å². The topological polar surface area (TPSA) is 108 Å². The van der Waals surface area contributed by atoms with Crippen LogP contribution in [0.4, 0.5) is 11.8 Å². The van der Waals surface area contributed by atoms with Crippen molar-refractivity contribution in [1.29, 1.82) is 0 Å². The monoisotopic (exact) mass is 362 g/mol. The van der Waals surface area contributed by atoms with Gasteiger partial charge in [-0.1, -0.05) is 11.8 Å². The van der Waals surface area contributed by atoms with E-state index >= 15 is 0 Å². The van der Waals surface area contributed by atoms with E-state index in [1.54, 1.807) is 6.07 Å². The maximum atomic E-state index is 12.3. The number of aromatic nitrogens is 3. The van der Waals surface area contributed by atoms with Crippen LogP contribution < -0.4 is 10.5 Å². The summed E-state index contributed by atoms with van der Waals surface area (Å²) in [5.41, 5.74) is -0.235. The minimum absolute atomic E-state index is 0.226. The van der Waals surface area contributed by atoms with Crippen molar-refractivity contribution in [2.45, 2.75) is 22.3 Å². The Morgan fingerprint density at radius 1 is 1.36 bits per heavy atom. The SMILES string of the molecule is CN(C)[C@@H]1CCN(c2ncc(Sc3ccc([N+](=O)[O-])nc3)c(=O)[nH]2)C1. The van der Waals surface area contributed by atoms with Gasteiger partial charge in [-0.25, -0.2) is 4.98 Å². The smallest absolute Gasteiger partial charge is 0.358 e. The third kappa shape index (κ3) is 3.97. The molecule has 1 aliphatic heterocycles. The molecule has 1 N–H and O–H groups in total. The lowest BCUT2D eigenvalue weighted by Crippen LogP contribution is -2.32. The van der Waals surface area contributed by atoms with Gasteiger partial charge in [0.25, 0.3) is 5.56 Å². The molecule has 1 saturated heterocycles. The summed E-state index contributed by atoms with van der Waals surface area (Å²) in [5, 5.41) is 10.6. The number of hydrogen-bond acceptors (Lipinski definition) is 8. The number of nitrogens with one attached hydrogen (secondary N) is 1. The van der Waals surface area contributed by atoms with Crippen LogP contribution in [0.3, 0.4) is 0 Å². The third-order valence-corrected chi connectivity index (χ3v) is 5.07. The van der Waals surface area contributed by atoms with Crippen molar-refractivity contribution >= 4 is 23.5 Å². The molecule has 1 aliphatic rings. The zero-order valence-electron chi connectivity index (χ0n) is 13.9. The third-order valence-electron chi connectivity index (χ3n) is 4.08. The molecule has 0 saturated carbocycles. The van der Waals surface area contributed by atoms with Gasteiger partial charge in [0, 0.05) is 25.2 Å². The zero-order chi connectivity index (χ0) is 18.0. The molecule has 0 bridgehead atoms. The van der Waals surface area contributed by atoms with Gasteiger partial charge in [-0.3, -0.25) is 9.78 Å². The first kappa shape index (κ1) is 17.4. The molecule has 0 aliphatic carbocycles. The number of likely N-dealkylation sites (N-methyl/N-ethyl adjacent to an activating group) is 1. The van der Waals surface area contributed by atoms with Gasteiger partial charge < -0.3 is 19.9 Å². The quantitative estimate of drug-likeness (QED) is 0.627. The van der Waals surface area contributed by atoms with Gasteiger partial charge in [0.2, 0.25) is 5.95 Å². The van der Waals surface area contributed by atoms with Crippen molar-refractivity contribution in [1.82, 2.24) is 19.9 Å². The van der Waals surface area contributed by atoms with E-state index in [-0.39, 0.29) is 11.4 Å². The van der Waals surface area contributed by atoms with Crippen molar-refractivity contribution in [2.75, 3.05) is 32.1 Å². The van der Waals surface area contributed by atoms with E-state index in [9.17, 15) is 14.9 Å². The number of anilines is 1. The van der Waals surface area contributed by atoms with Crippen LogP contribution in [0, 0.1) is 10.1 Å². The lowest BCUT2D eigenvalue weighted by atomic mass is 10.2. The second-order valence-corrected chi connectivity index (χ2v) is 7.08. The first-order valence-corrected chi connectivity index (χ1v) is 8.54. The Morgan fingerprint density at radius 2 is 2.16 bits per heavy atom. The standard InChI is InChI=1S/C15H18N6O3S/c1-19(2)10-5-6-20(9-10)15-17-8-12(14(22)18-15)25-11-3-4-13(16-7-11)21(23)24/h3-4,7-8,10H,5-6,9H2,1-2H3,(H,17,18,22)/t10-/m1/s1. The highest BCUT2D eigenvalue weighted by atomic mass is 32.2. The molecule has 3 rings (SSSR count). The molecule has 3 heterocycles. The van der Waals surface area contributed by atoms with Gasteiger partial charge in [0.05, 0.1) is 16.0 Å². The predicted molar refractivity (Wildman–Crippen MR) is 94.2 cm³/mol. The molecule has 0 amide bonds. The molecule has 1 fully saturated rings. The first-order chi connectivity index (χ1) is 11.9. The average molecular weight is 362 g/mol. The van der Waals surface area contributed by atoms with Gasteiger partial charge in [-0.15, -0.1) is 0 Å². The van der Waals surface area contributed by atoms with Crippen LogP contribution >= 0.6 is 11.8 Å². The Hall–Kier alpha value is -2.46. The molecule has 0 aromatic carbocycles. The van der Waals surface area contributed by atoms with E-state index < -0.39 is 4.92 Å². The molecule has 10 heteroatoms. The predicted octanol–water partition coefficient (Wildman–Crippen LogP) is 1.36. The fraction of sp³-hybridized carbons (Fsp3) is 0.400. The summed E-state index contributed by atoms with van der Waals surface area (Å²) in [6.45, 7) is 1.68. The van der Waals surface area contributed by atoms with Crippen LogP contribution in [0.2, 0.25) is 0 Å². The number of rotatable bonds is 5. The fourth-order valence-electron chi connectivity index (χ4n) is 2.63. The van der Waals surface area contributed by atoms with E-state index in [0.717, 1.165) is 19.5 Å². The van der Waals surface area contributed by atoms with E-state index in [2.05, 4.69) is 24.8 Å². The lowest BCUT2D eigenvalue weighted by molar-refractivity contribution is -0.389. The molecule has 2 aromatic rings. The van der Waals surface area contributed by atoms with E-state index in [1.165, 1.54) is 30.2 Å². The van der Waals surface area contributed by atoms with Gasteiger partial charge in [-0.2, -0.15) is 0 Å². The number of pyridine rings is 1. The summed E-state index contributed by atoms with van der Waals surface area (Å²) >= 11 is 1.17. The molecule has 25 heavy (non-hydrogen) atoms. The fourth-order valence-corrected chi connectivity index (χ4v) is 3.38. The Kier molecular flexibility index (Phi) is 5.00. The van der Waals surface area contributed by atoms with Gasteiger partial charge in [0.1, 0.15) is 0 Å². The highest BCUT2D eigenvalue weighted by molar-refractivity contribution is 7.99. The van der Waals surface area contributed by atoms with E-state index in [4.69, 9.17) is 0 Å². The van der Waals surface area contributed by atoms with Crippen LogP contribution in [0.1, 0.15) is 6.42 Å². The van der Waals surface area contributed by atoms with Gasteiger partial charge in [-0.05, 0) is 36.5 Å². The van der Waals surface area contributed by atoms with E-state index in [0.29, 0.717) is 21.8 Å². The second kappa shape index (κ2) is 7.19. The summed E-state index contributed by atoms with van der Waals surface area (Å²) in [5.74, 6) is 0.344. The Bertz CT molecular complexity index is 823. The summed E-state index contributed by atoms with van der Waals surface area (Å²) < 4.78 is 0. The summed E-state index contributed by atoms with van der Waals surface area (Å²) in [6, 6.07) is 3.32. The van der Waals surface area contributed by atoms with Crippen LogP contribution in [-0.4, -0.2) is 58.0 Å². The van der Waals surface area contributed by atoms with Gasteiger partial charge in [0.15, 0.2) is 6.20 Å². The molecule has 9 nitrogen and oxygen atoms in total. The van der Waals surface area contributed by atoms with Crippen molar-refractivity contribution in [3.8, 4) is 0 Å². The van der Waals surface area contributed by atoms with Crippen LogP contribution in [0.15, 0.2) is 39.1 Å². The second-order valence-electron chi connectivity index (χ2n) is 5.96. The molecule has 0 radical (unpaired) electrons. The lowest BCUT2D eigenvalue weighted by Gasteiger charge is -2.20. The Labute approximate surface area is 148 Å². The highest BCUT2D eigenvalue weighted by Crippen LogP contribution is 2.25. The van der Waals surface area contributed by atoms with Crippen LogP contribution in [-0.2, 0) is 0 Å². The van der Waals surface area contributed by atoms with Crippen molar-refractivity contribution in [3.05, 3.63) is 45.0 Å². The minimum atomic E-state index is -0.561. The van der Waals surface area contributed by atoms with Gasteiger partial charge >= 0.3 is 5.82 Å². The minimum Gasteiger partial charge on any atom is -0.358 e. The molecule has 132 valence electrons. The number of hydrogen-bond donors (Lipinski definition) is 1. The van der Waals surface area contributed by atoms with Crippen molar-refractivity contribution in [2.24, 2.45) is 0 Å². The molecule has 0 spiro atoms. The summed E-state index contributed by atoms with van der Waals surface area (Å²) in [7, 11) is 4.09. The van der Waals surface area contributed by atoms with E-state index in [1.807, 2.05) is 14.1 Å². The van der Waals surface area contributed by atoms with Crippen molar-refractivity contribution < 1.29 is 4.92 Å². The highest BCUT2D eigenvalue weighted by Gasteiger charge is 2.25. The number of H-pyrrole nitrogens is 1. The molecular formula is C15H18N6O3S. The summed E-state index contributed by atoms with van der Waals surface area (Å²) in [4.78, 5) is 38.6. The normalized spacial score (nSPS) is 17.2. The number of nitrogens with zero attached hydrogens (tertiary/aromatic N) is 5. The molecule has 0 unspecified atom stereocenters.